The van der Waals surface area contributed by atoms with Gasteiger partial charge in [0.25, 0.3) is 0 Å². The number of fused-ring (bicyclic) bond motifs is 1. The molecule has 0 N–H and O–H groups in total. The fourth-order valence-electron chi connectivity index (χ4n) is 2.79. The Hall–Kier alpha value is -1.62. The summed E-state index contributed by atoms with van der Waals surface area (Å²) in [6.07, 6.45) is 2.61. The molecule has 22 heavy (non-hydrogen) atoms. The number of hydrogen-bond donors (Lipinski definition) is 0. The molecule has 0 bridgehead atoms. The van der Waals surface area contributed by atoms with Crippen LogP contribution in [0.3, 0.4) is 0 Å². The van der Waals surface area contributed by atoms with Crippen LogP contribution in [0.4, 0.5) is 0 Å². The second-order valence-corrected chi connectivity index (χ2v) is 5.62. The summed E-state index contributed by atoms with van der Waals surface area (Å²) in [6, 6.07) is 3.90. The van der Waals surface area contributed by atoms with Crippen LogP contribution < -0.4 is 4.74 Å². The summed E-state index contributed by atoms with van der Waals surface area (Å²) in [4.78, 5) is 19.0. The van der Waals surface area contributed by atoms with Crippen molar-refractivity contribution in [3.8, 4) is 5.88 Å². The normalized spacial score (nSPS) is 14.1. The number of nitrogens with zero attached hydrogens (tertiary/aromatic N) is 2. The zero-order valence-corrected chi connectivity index (χ0v) is 13.8. The molecule has 0 aliphatic carbocycles. The Bertz CT molecular complexity index is 501. The zero-order chi connectivity index (χ0) is 15.9. The molecular formula is C17H26N2O3. The first-order chi connectivity index (χ1) is 10.7. The topological polar surface area (TPSA) is 51.7 Å². The smallest absolute Gasteiger partial charge is 0.225 e. The molecule has 0 fully saturated rings. The Balaban J connectivity index is 2.01. The molecular weight excluding hydrogens is 280 g/mol. The second-order valence-electron chi connectivity index (χ2n) is 5.62. The molecule has 122 valence electrons. The number of hydrogen-bond acceptors (Lipinski definition) is 4. The van der Waals surface area contributed by atoms with E-state index in [1.54, 1.807) is 7.11 Å². The van der Waals surface area contributed by atoms with Gasteiger partial charge in [0.05, 0.1) is 12.3 Å². The quantitative estimate of drug-likeness (QED) is 0.726. The molecule has 0 aromatic carbocycles. The van der Waals surface area contributed by atoms with Crippen LogP contribution in [0.1, 0.15) is 37.9 Å². The fraction of sp³-hybridized carbons (Fsp3) is 0.647. The number of rotatable bonds is 7. The molecule has 0 saturated carbocycles. The highest BCUT2D eigenvalue weighted by atomic mass is 16.5. The Kier molecular flexibility index (Phi) is 6.19. The largest absolute Gasteiger partial charge is 0.475 e. The summed E-state index contributed by atoms with van der Waals surface area (Å²) in [5.74, 6) is 1.05. The van der Waals surface area contributed by atoms with Gasteiger partial charge in [0, 0.05) is 38.6 Å². The number of carbonyl (C=O) groups excluding carboxylic acids is 1. The van der Waals surface area contributed by atoms with E-state index in [9.17, 15) is 4.79 Å². The highest BCUT2D eigenvalue weighted by Gasteiger charge is 2.26. The molecule has 1 aromatic rings. The molecule has 2 rings (SSSR count). The molecule has 0 spiro atoms. The Morgan fingerprint density at radius 3 is 2.77 bits per heavy atom. The van der Waals surface area contributed by atoms with Crippen molar-refractivity contribution in [3.05, 3.63) is 23.4 Å². The molecule has 0 atom stereocenters. The SMILES string of the molecule is CCC(CC)C(=O)N1CCc2nc(OCCOC)ccc2C1. The van der Waals surface area contributed by atoms with Crippen LogP contribution in [-0.2, 0) is 22.5 Å². The number of carbonyl (C=O) groups is 1. The summed E-state index contributed by atoms with van der Waals surface area (Å²) in [5.41, 5.74) is 2.17. The van der Waals surface area contributed by atoms with Gasteiger partial charge in [-0.1, -0.05) is 19.9 Å². The van der Waals surface area contributed by atoms with Crippen molar-refractivity contribution in [1.29, 1.82) is 0 Å². The lowest BCUT2D eigenvalue weighted by Gasteiger charge is -2.31. The maximum absolute atomic E-state index is 12.5. The molecule has 0 unspecified atom stereocenters. The highest BCUT2D eigenvalue weighted by molar-refractivity contribution is 5.79. The third-order valence-corrected chi connectivity index (χ3v) is 4.21. The van der Waals surface area contributed by atoms with Gasteiger partial charge < -0.3 is 14.4 Å². The lowest BCUT2D eigenvalue weighted by atomic mass is 9.99. The van der Waals surface area contributed by atoms with Crippen molar-refractivity contribution < 1.29 is 14.3 Å². The number of pyridine rings is 1. The van der Waals surface area contributed by atoms with E-state index in [0.29, 0.717) is 25.6 Å². The van der Waals surface area contributed by atoms with Crippen molar-refractivity contribution in [3.63, 3.8) is 0 Å². The maximum Gasteiger partial charge on any atom is 0.225 e. The van der Waals surface area contributed by atoms with Crippen molar-refractivity contribution in [2.24, 2.45) is 5.92 Å². The van der Waals surface area contributed by atoms with Crippen LogP contribution in [0.25, 0.3) is 0 Å². The number of ether oxygens (including phenoxy) is 2. The van der Waals surface area contributed by atoms with Gasteiger partial charge in [0.1, 0.15) is 6.61 Å². The van der Waals surface area contributed by atoms with E-state index in [2.05, 4.69) is 18.8 Å². The van der Waals surface area contributed by atoms with Gasteiger partial charge in [-0.2, -0.15) is 0 Å². The van der Waals surface area contributed by atoms with Crippen molar-refractivity contribution in [2.45, 2.75) is 39.7 Å². The van der Waals surface area contributed by atoms with E-state index < -0.39 is 0 Å². The molecule has 0 radical (unpaired) electrons. The Morgan fingerprint density at radius 2 is 2.09 bits per heavy atom. The van der Waals surface area contributed by atoms with Crippen molar-refractivity contribution in [1.82, 2.24) is 9.88 Å². The molecule has 0 saturated heterocycles. The van der Waals surface area contributed by atoms with Gasteiger partial charge in [0.15, 0.2) is 0 Å². The summed E-state index contributed by atoms with van der Waals surface area (Å²) >= 11 is 0. The third kappa shape index (κ3) is 3.97. The van der Waals surface area contributed by atoms with E-state index in [4.69, 9.17) is 9.47 Å². The standard InChI is InChI=1S/C17H26N2O3/c1-4-13(5-2)17(20)19-9-8-15-14(12-19)6-7-16(18-15)22-11-10-21-3/h6-7,13H,4-5,8-12H2,1-3H3. The van der Waals surface area contributed by atoms with Gasteiger partial charge in [-0.25, -0.2) is 4.98 Å². The Labute approximate surface area is 132 Å². The average Bonchev–Trinajstić information content (AvgIpc) is 2.55. The van der Waals surface area contributed by atoms with E-state index in [-0.39, 0.29) is 11.8 Å². The molecule has 1 aliphatic rings. The minimum absolute atomic E-state index is 0.145. The first-order valence-electron chi connectivity index (χ1n) is 8.08. The molecule has 2 heterocycles. The highest BCUT2D eigenvalue weighted by Crippen LogP contribution is 2.23. The lowest BCUT2D eigenvalue weighted by Crippen LogP contribution is -2.39. The van der Waals surface area contributed by atoms with Crippen LogP contribution in [0, 0.1) is 5.92 Å². The molecule has 1 aliphatic heterocycles. The van der Waals surface area contributed by atoms with Gasteiger partial charge >= 0.3 is 0 Å². The van der Waals surface area contributed by atoms with Crippen LogP contribution in [0.15, 0.2) is 12.1 Å². The molecule has 1 aromatic heterocycles. The minimum atomic E-state index is 0.145. The first-order valence-corrected chi connectivity index (χ1v) is 8.08. The van der Waals surface area contributed by atoms with Crippen molar-refractivity contribution >= 4 is 5.91 Å². The monoisotopic (exact) mass is 306 g/mol. The molecule has 5 nitrogen and oxygen atoms in total. The van der Waals surface area contributed by atoms with E-state index in [0.717, 1.165) is 37.1 Å². The number of methoxy groups -OCH3 is 1. The van der Waals surface area contributed by atoms with Crippen LogP contribution in [0.2, 0.25) is 0 Å². The fourth-order valence-corrected chi connectivity index (χ4v) is 2.79. The number of aromatic nitrogens is 1. The van der Waals surface area contributed by atoms with Crippen molar-refractivity contribution in [2.75, 3.05) is 26.9 Å². The second kappa shape index (κ2) is 8.13. The predicted octanol–water partition coefficient (Wildman–Crippen LogP) is 2.43. The maximum atomic E-state index is 12.5. The first kappa shape index (κ1) is 16.7. The lowest BCUT2D eigenvalue weighted by molar-refractivity contribution is -0.136. The van der Waals surface area contributed by atoms with Crippen LogP contribution >= 0.6 is 0 Å². The summed E-state index contributed by atoms with van der Waals surface area (Å²) in [7, 11) is 1.65. The summed E-state index contributed by atoms with van der Waals surface area (Å²) in [5, 5.41) is 0. The van der Waals surface area contributed by atoms with Gasteiger partial charge in [-0.3, -0.25) is 4.79 Å². The molecule has 1 amide bonds. The van der Waals surface area contributed by atoms with E-state index in [1.807, 2.05) is 17.0 Å². The van der Waals surface area contributed by atoms with Gasteiger partial charge in [-0.15, -0.1) is 0 Å². The molecule has 5 heteroatoms. The Morgan fingerprint density at radius 1 is 1.32 bits per heavy atom. The van der Waals surface area contributed by atoms with Crippen LogP contribution in [0.5, 0.6) is 5.88 Å². The zero-order valence-electron chi connectivity index (χ0n) is 13.8. The van der Waals surface area contributed by atoms with Crippen LogP contribution in [-0.4, -0.2) is 42.7 Å². The van der Waals surface area contributed by atoms with Gasteiger partial charge in [0.2, 0.25) is 11.8 Å². The van der Waals surface area contributed by atoms with E-state index in [1.165, 1.54) is 0 Å². The summed E-state index contributed by atoms with van der Waals surface area (Å²) < 4.78 is 10.5. The van der Waals surface area contributed by atoms with Gasteiger partial charge in [-0.05, 0) is 18.4 Å². The van der Waals surface area contributed by atoms with E-state index >= 15 is 0 Å². The third-order valence-electron chi connectivity index (χ3n) is 4.21. The predicted molar refractivity (Wildman–Crippen MR) is 84.8 cm³/mol. The average molecular weight is 306 g/mol. The minimum Gasteiger partial charge on any atom is -0.475 e. The number of amides is 1. The summed E-state index contributed by atoms with van der Waals surface area (Å²) in [6.45, 7) is 6.62.